The first kappa shape index (κ1) is 19.2. The summed E-state index contributed by atoms with van der Waals surface area (Å²) < 4.78 is 10.2. The van der Waals surface area contributed by atoms with Gasteiger partial charge in [-0.05, 0) is 37.3 Å². The number of nitrogens with one attached hydrogen (secondary N) is 1. The van der Waals surface area contributed by atoms with Crippen molar-refractivity contribution in [2.45, 2.75) is 13.0 Å². The molecular weight excluding hydrogens is 364 g/mol. The van der Waals surface area contributed by atoms with Gasteiger partial charge in [-0.2, -0.15) is 0 Å². The van der Waals surface area contributed by atoms with E-state index >= 15 is 0 Å². The van der Waals surface area contributed by atoms with Gasteiger partial charge in [-0.25, -0.2) is 4.79 Å². The Morgan fingerprint density at radius 2 is 1.85 bits per heavy atom. The number of hydrogen-bond acceptors (Lipinski definition) is 6. The van der Waals surface area contributed by atoms with E-state index in [1.54, 1.807) is 12.1 Å². The number of halogens is 1. The summed E-state index contributed by atoms with van der Waals surface area (Å²) in [6, 6.07) is 9.56. The summed E-state index contributed by atoms with van der Waals surface area (Å²) in [7, 11) is 1.44. The number of carbonyl (C=O) groups excluding carboxylic acids is 2. The van der Waals surface area contributed by atoms with Crippen LogP contribution < -0.4 is 10.1 Å². The van der Waals surface area contributed by atoms with Gasteiger partial charge in [0, 0.05) is 17.2 Å². The number of ether oxygens (including phenoxy) is 2. The first-order valence-electron chi connectivity index (χ1n) is 7.41. The number of benzene rings is 2. The second-order valence-electron chi connectivity index (χ2n) is 5.19. The molecule has 26 heavy (non-hydrogen) atoms. The van der Waals surface area contributed by atoms with Crippen molar-refractivity contribution in [2.24, 2.45) is 0 Å². The molecule has 9 heteroatoms. The van der Waals surface area contributed by atoms with E-state index in [1.807, 2.05) is 0 Å². The van der Waals surface area contributed by atoms with Gasteiger partial charge in [-0.1, -0.05) is 11.6 Å². The fourth-order valence-corrected chi connectivity index (χ4v) is 2.19. The maximum Gasteiger partial charge on any atom is 0.338 e. The molecule has 0 fully saturated rings. The highest BCUT2D eigenvalue weighted by molar-refractivity contribution is 6.31. The third kappa shape index (κ3) is 4.70. The topological polar surface area (TPSA) is 108 Å². The monoisotopic (exact) mass is 378 g/mol. The average molecular weight is 379 g/mol. The number of carbonyl (C=O) groups is 2. The molecule has 0 aromatic heterocycles. The molecule has 2 rings (SSSR count). The SMILES string of the molecule is COc1ccc(Cl)cc1NC(=O)[C@@H](C)OC(=O)c1ccc([N+](=O)[O-])cc1. The van der Waals surface area contributed by atoms with E-state index in [2.05, 4.69) is 5.32 Å². The lowest BCUT2D eigenvalue weighted by Crippen LogP contribution is -2.30. The molecule has 1 N–H and O–H groups in total. The summed E-state index contributed by atoms with van der Waals surface area (Å²) in [5, 5.41) is 13.6. The van der Waals surface area contributed by atoms with Crippen molar-refractivity contribution in [3.63, 3.8) is 0 Å². The summed E-state index contributed by atoms with van der Waals surface area (Å²) in [4.78, 5) is 34.3. The number of esters is 1. The number of nitrogens with zero attached hydrogens (tertiary/aromatic N) is 1. The first-order valence-corrected chi connectivity index (χ1v) is 7.79. The predicted molar refractivity (Wildman–Crippen MR) is 94.6 cm³/mol. The molecule has 136 valence electrons. The summed E-state index contributed by atoms with van der Waals surface area (Å²) in [5.74, 6) is -0.960. The first-order chi connectivity index (χ1) is 12.3. The lowest BCUT2D eigenvalue weighted by atomic mass is 10.2. The van der Waals surface area contributed by atoms with Crippen LogP contribution in [0.15, 0.2) is 42.5 Å². The second kappa shape index (κ2) is 8.30. The van der Waals surface area contributed by atoms with Crippen LogP contribution >= 0.6 is 11.6 Å². The number of anilines is 1. The van der Waals surface area contributed by atoms with Gasteiger partial charge in [0.25, 0.3) is 11.6 Å². The van der Waals surface area contributed by atoms with Gasteiger partial charge in [0.15, 0.2) is 6.10 Å². The van der Waals surface area contributed by atoms with E-state index < -0.39 is 22.9 Å². The number of amides is 1. The molecule has 8 nitrogen and oxygen atoms in total. The molecule has 2 aromatic rings. The van der Waals surface area contributed by atoms with Crippen molar-refractivity contribution in [1.29, 1.82) is 0 Å². The highest BCUT2D eigenvalue weighted by Crippen LogP contribution is 2.27. The normalized spacial score (nSPS) is 11.3. The molecule has 0 spiro atoms. The van der Waals surface area contributed by atoms with Crippen LogP contribution in [0.5, 0.6) is 5.75 Å². The van der Waals surface area contributed by atoms with Crippen LogP contribution in [0, 0.1) is 10.1 Å². The van der Waals surface area contributed by atoms with Gasteiger partial charge >= 0.3 is 5.97 Å². The zero-order chi connectivity index (χ0) is 19.3. The highest BCUT2D eigenvalue weighted by atomic mass is 35.5. The molecular formula is C17H15ClN2O6. The Morgan fingerprint density at radius 3 is 2.42 bits per heavy atom. The number of methoxy groups -OCH3 is 1. The number of nitro groups is 1. The summed E-state index contributed by atoms with van der Waals surface area (Å²) in [6.07, 6.45) is -1.11. The molecule has 0 bridgehead atoms. The standard InChI is InChI=1S/C17H15ClN2O6/c1-10(16(21)19-14-9-12(18)5-8-15(14)25-2)26-17(22)11-3-6-13(7-4-11)20(23)24/h3-10H,1-2H3,(H,19,21)/t10-/m1/s1. The Labute approximate surface area is 153 Å². The number of nitro benzene ring substituents is 1. The molecule has 0 aliphatic rings. The number of non-ortho nitro benzene ring substituents is 1. The van der Waals surface area contributed by atoms with Crippen LogP contribution in [0.1, 0.15) is 17.3 Å². The highest BCUT2D eigenvalue weighted by Gasteiger charge is 2.21. The Hall–Kier alpha value is -3.13. The third-order valence-corrected chi connectivity index (χ3v) is 3.62. The van der Waals surface area contributed by atoms with Gasteiger partial charge in [0.1, 0.15) is 5.75 Å². The molecule has 1 amide bonds. The van der Waals surface area contributed by atoms with Gasteiger partial charge < -0.3 is 14.8 Å². The van der Waals surface area contributed by atoms with Crippen LogP contribution in [0.2, 0.25) is 5.02 Å². The van der Waals surface area contributed by atoms with Crippen molar-refractivity contribution in [3.8, 4) is 5.75 Å². The lowest BCUT2D eigenvalue weighted by molar-refractivity contribution is -0.384. The Kier molecular flexibility index (Phi) is 6.13. The summed E-state index contributed by atoms with van der Waals surface area (Å²) in [5.41, 5.74) is 0.277. The van der Waals surface area contributed by atoms with Crippen molar-refractivity contribution < 1.29 is 24.0 Å². The maximum absolute atomic E-state index is 12.2. The third-order valence-electron chi connectivity index (χ3n) is 3.39. The minimum absolute atomic E-state index is 0.0931. The van der Waals surface area contributed by atoms with Crippen LogP contribution in [-0.4, -0.2) is 30.0 Å². The van der Waals surface area contributed by atoms with E-state index in [0.717, 1.165) is 0 Å². The van der Waals surface area contributed by atoms with E-state index in [4.69, 9.17) is 21.1 Å². The molecule has 0 unspecified atom stereocenters. The zero-order valence-corrected chi connectivity index (χ0v) is 14.6. The molecule has 0 aliphatic heterocycles. The van der Waals surface area contributed by atoms with Gasteiger partial charge in [0.05, 0.1) is 23.3 Å². The van der Waals surface area contributed by atoms with E-state index in [1.165, 1.54) is 44.4 Å². The van der Waals surface area contributed by atoms with E-state index in [-0.39, 0.29) is 11.3 Å². The maximum atomic E-state index is 12.2. The predicted octanol–water partition coefficient (Wildman–Crippen LogP) is 3.44. The summed E-state index contributed by atoms with van der Waals surface area (Å²) in [6.45, 7) is 1.40. The summed E-state index contributed by atoms with van der Waals surface area (Å²) >= 11 is 5.90. The van der Waals surface area contributed by atoms with E-state index in [0.29, 0.717) is 16.5 Å². The Bertz CT molecular complexity index is 838. The smallest absolute Gasteiger partial charge is 0.338 e. The second-order valence-corrected chi connectivity index (χ2v) is 5.62. The minimum Gasteiger partial charge on any atom is -0.495 e. The van der Waals surface area contributed by atoms with Gasteiger partial charge in [0.2, 0.25) is 0 Å². The van der Waals surface area contributed by atoms with Crippen molar-refractivity contribution >= 4 is 34.9 Å². The van der Waals surface area contributed by atoms with Crippen LogP contribution in [0.3, 0.4) is 0 Å². The fraction of sp³-hybridized carbons (Fsp3) is 0.176. The van der Waals surface area contributed by atoms with E-state index in [9.17, 15) is 19.7 Å². The zero-order valence-electron chi connectivity index (χ0n) is 13.9. The number of rotatable bonds is 6. The molecule has 0 aliphatic carbocycles. The lowest BCUT2D eigenvalue weighted by Gasteiger charge is -2.15. The van der Waals surface area contributed by atoms with Gasteiger partial charge in [-0.15, -0.1) is 0 Å². The van der Waals surface area contributed by atoms with Crippen LogP contribution in [0.25, 0.3) is 0 Å². The Morgan fingerprint density at radius 1 is 1.19 bits per heavy atom. The molecule has 0 radical (unpaired) electrons. The Balaban J connectivity index is 2.03. The molecule has 0 heterocycles. The number of hydrogen-bond donors (Lipinski definition) is 1. The molecule has 2 aromatic carbocycles. The minimum atomic E-state index is -1.11. The largest absolute Gasteiger partial charge is 0.495 e. The van der Waals surface area contributed by atoms with Crippen LogP contribution in [0.4, 0.5) is 11.4 Å². The molecule has 0 saturated carbocycles. The molecule has 0 saturated heterocycles. The quantitative estimate of drug-likeness (QED) is 0.468. The average Bonchev–Trinajstić information content (AvgIpc) is 2.61. The van der Waals surface area contributed by atoms with Crippen molar-refractivity contribution in [3.05, 3.63) is 63.2 Å². The van der Waals surface area contributed by atoms with Gasteiger partial charge in [-0.3, -0.25) is 14.9 Å². The van der Waals surface area contributed by atoms with Crippen molar-refractivity contribution in [1.82, 2.24) is 0 Å². The fourth-order valence-electron chi connectivity index (χ4n) is 2.01. The van der Waals surface area contributed by atoms with Crippen LogP contribution in [-0.2, 0) is 9.53 Å². The van der Waals surface area contributed by atoms with Crippen molar-refractivity contribution in [2.75, 3.05) is 12.4 Å². The molecule has 1 atom stereocenters.